The molecule has 1 unspecified atom stereocenters. The topological polar surface area (TPSA) is 60.9 Å². The molecule has 0 aliphatic rings. The first-order chi connectivity index (χ1) is 8.66. The van der Waals surface area contributed by atoms with Gasteiger partial charge in [0.2, 0.25) is 0 Å². The van der Waals surface area contributed by atoms with Crippen LogP contribution in [-0.2, 0) is 6.54 Å². The lowest BCUT2D eigenvalue weighted by Crippen LogP contribution is -2.27. The normalized spacial score (nSPS) is 13.3. The Morgan fingerprint density at radius 3 is 3.06 bits per heavy atom. The van der Waals surface area contributed by atoms with Crippen LogP contribution in [0.1, 0.15) is 25.8 Å². The summed E-state index contributed by atoms with van der Waals surface area (Å²) < 4.78 is 0. The fourth-order valence-corrected chi connectivity index (χ4v) is 2.16. The Morgan fingerprint density at radius 2 is 2.28 bits per heavy atom. The van der Waals surface area contributed by atoms with E-state index in [0.717, 1.165) is 24.0 Å². The summed E-state index contributed by atoms with van der Waals surface area (Å²) in [5.74, 6) is 0.527. The van der Waals surface area contributed by atoms with Crippen LogP contribution in [0.5, 0.6) is 0 Å². The lowest BCUT2D eigenvalue weighted by atomic mass is 10.1. The van der Waals surface area contributed by atoms with Gasteiger partial charge < -0.3 is 15.4 Å². The van der Waals surface area contributed by atoms with E-state index in [1.54, 1.807) is 6.20 Å². The van der Waals surface area contributed by atoms with E-state index >= 15 is 0 Å². The van der Waals surface area contributed by atoms with Crippen LogP contribution in [0.4, 0.5) is 0 Å². The van der Waals surface area contributed by atoms with E-state index in [9.17, 15) is 5.11 Å². The van der Waals surface area contributed by atoms with Crippen LogP contribution in [0.25, 0.3) is 11.0 Å². The van der Waals surface area contributed by atoms with Crippen molar-refractivity contribution in [3.05, 3.63) is 30.1 Å². The van der Waals surface area contributed by atoms with Crippen molar-refractivity contribution < 1.29 is 5.11 Å². The number of aliphatic hydroxyl groups excluding tert-OH is 1. The van der Waals surface area contributed by atoms with Gasteiger partial charge in [-0.25, -0.2) is 4.98 Å². The highest BCUT2D eigenvalue weighted by molar-refractivity contribution is 5.79. The van der Waals surface area contributed by atoms with E-state index in [-0.39, 0.29) is 6.10 Å². The van der Waals surface area contributed by atoms with E-state index in [1.807, 2.05) is 12.3 Å². The molecule has 0 aliphatic heterocycles. The minimum Gasteiger partial charge on any atom is -0.392 e. The summed E-state index contributed by atoms with van der Waals surface area (Å²) >= 11 is 0. The minimum absolute atomic E-state index is 0.270. The number of nitrogens with one attached hydrogen (secondary N) is 2. The molecule has 2 aromatic rings. The number of aromatic amines is 1. The lowest BCUT2D eigenvalue weighted by molar-refractivity contribution is 0.146. The molecule has 4 nitrogen and oxygen atoms in total. The Bertz CT molecular complexity index is 492. The second kappa shape index (κ2) is 5.98. The smallest absolute Gasteiger partial charge is 0.137 e. The molecule has 2 aromatic heterocycles. The Hall–Kier alpha value is -1.39. The molecule has 0 aromatic carbocycles. The van der Waals surface area contributed by atoms with Gasteiger partial charge in [0.1, 0.15) is 5.65 Å². The third-order valence-electron chi connectivity index (χ3n) is 2.98. The molecule has 2 rings (SSSR count). The molecular weight excluding hydrogens is 226 g/mol. The predicted molar refractivity (Wildman–Crippen MR) is 73.3 cm³/mol. The number of hydrogen-bond acceptors (Lipinski definition) is 3. The summed E-state index contributed by atoms with van der Waals surface area (Å²) in [4.78, 5) is 7.40. The second-order valence-electron chi connectivity index (χ2n) is 5.13. The molecule has 0 bridgehead atoms. The van der Waals surface area contributed by atoms with Crippen LogP contribution in [0.3, 0.4) is 0 Å². The summed E-state index contributed by atoms with van der Waals surface area (Å²) in [6.07, 6.45) is 4.32. The molecule has 98 valence electrons. The molecule has 4 heteroatoms. The summed E-state index contributed by atoms with van der Waals surface area (Å²) in [5.41, 5.74) is 2.10. The van der Waals surface area contributed by atoms with Crippen molar-refractivity contribution in [1.29, 1.82) is 0 Å². The summed E-state index contributed by atoms with van der Waals surface area (Å²) in [7, 11) is 0. The number of pyridine rings is 1. The SMILES string of the molecule is CC(C)CC(O)CNCc1c[nH]c2ncccc12. The highest BCUT2D eigenvalue weighted by atomic mass is 16.3. The van der Waals surface area contributed by atoms with Crippen LogP contribution >= 0.6 is 0 Å². The van der Waals surface area contributed by atoms with Crippen molar-refractivity contribution in [1.82, 2.24) is 15.3 Å². The fraction of sp³-hybridized carbons (Fsp3) is 0.500. The summed E-state index contributed by atoms with van der Waals surface area (Å²) in [6.45, 7) is 5.62. The first-order valence-corrected chi connectivity index (χ1v) is 6.46. The van der Waals surface area contributed by atoms with Gasteiger partial charge >= 0.3 is 0 Å². The van der Waals surface area contributed by atoms with Crippen LogP contribution in [-0.4, -0.2) is 27.7 Å². The highest BCUT2D eigenvalue weighted by Crippen LogP contribution is 2.15. The van der Waals surface area contributed by atoms with Gasteiger partial charge in [0.05, 0.1) is 6.10 Å². The zero-order valence-corrected chi connectivity index (χ0v) is 11.0. The standard InChI is InChI=1S/C14H21N3O/c1-10(2)6-12(18)9-15-7-11-8-17-14-13(11)4-3-5-16-14/h3-5,8,10,12,15,18H,6-7,9H2,1-2H3,(H,16,17). The maximum Gasteiger partial charge on any atom is 0.137 e. The number of H-pyrrole nitrogens is 1. The molecule has 0 saturated carbocycles. The molecule has 0 fully saturated rings. The van der Waals surface area contributed by atoms with Crippen LogP contribution in [0.2, 0.25) is 0 Å². The van der Waals surface area contributed by atoms with Gasteiger partial charge in [-0.15, -0.1) is 0 Å². The third kappa shape index (κ3) is 3.31. The first kappa shape index (κ1) is 13.1. The molecule has 0 saturated heterocycles. The zero-order valence-electron chi connectivity index (χ0n) is 11.0. The summed E-state index contributed by atoms with van der Waals surface area (Å²) in [5, 5.41) is 14.2. The number of rotatable bonds is 6. The van der Waals surface area contributed by atoms with Crippen molar-refractivity contribution in [2.24, 2.45) is 5.92 Å². The molecule has 0 amide bonds. The minimum atomic E-state index is -0.270. The maximum absolute atomic E-state index is 9.78. The molecule has 0 aliphatic carbocycles. The van der Waals surface area contributed by atoms with Gasteiger partial charge in [-0.3, -0.25) is 0 Å². The zero-order chi connectivity index (χ0) is 13.0. The monoisotopic (exact) mass is 247 g/mol. The largest absolute Gasteiger partial charge is 0.392 e. The van der Waals surface area contributed by atoms with Crippen molar-refractivity contribution in [2.45, 2.75) is 32.9 Å². The third-order valence-corrected chi connectivity index (χ3v) is 2.98. The number of nitrogens with zero attached hydrogens (tertiary/aromatic N) is 1. The van der Waals surface area contributed by atoms with Crippen LogP contribution in [0, 0.1) is 5.92 Å². The summed E-state index contributed by atoms with van der Waals surface area (Å²) in [6, 6.07) is 3.99. The number of aromatic nitrogens is 2. The van der Waals surface area contributed by atoms with Gasteiger partial charge in [0.25, 0.3) is 0 Å². The van der Waals surface area contributed by atoms with Crippen LogP contribution < -0.4 is 5.32 Å². The van der Waals surface area contributed by atoms with E-state index in [2.05, 4.69) is 35.2 Å². The highest BCUT2D eigenvalue weighted by Gasteiger charge is 2.07. The Morgan fingerprint density at radius 1 is 1.44 bits per heavy atom. The van der Waals surface area contributed by atoms with Crippen molar-refractivity contribution in [3.63, 3.8) is 0 Å². The van der Waals surface area contributed by atoms with Gasteiger partial charge in [0.15, 0.2) is 0 Å². The molecule has 2 heterocycles. The molecule has 0 spiro atoms. The molecule has 0 radical (unpaired) electrons. The average molecular weight is 247 g/mol. The Kier molecular flexibility index (Phi) is 4.33. The lowest BCUT2D eigenvalue weighted by Gasteiger charge is -2.13. The molecule has 18 heavy (non-hydrogen) atoms. The number of fused-ring (bicyclic) bond motifs is 1. The Labute approximate surface area is 107 Å². The predicted octanol–water partition coefficient (Wildman–Crippen LogP) is 2.06. The van der Waals surface area contributed by atoms with Gasteiger partial charge in [-0.2, -0.15) is 0 Å². The van der Waals surface area contributed by atoms with E-state index in [1.165, 1.54) is 5.56 Å². The van der Waals surface area contributed by atoms with Gasteiger partial charge in [-0.05, 0) is 30.0 Å². The van der Waals surface area contributed by atoms with E-state index in [0.29, 0.717) is 12.5 Å². The van der Waals surface area contributed by atoms with Crippen molar-refractivity contribution >= 4 is 11.0 Å². The van der Waals surface area contributed by atoms with E-state index in [4.69, 9.17) is 0 Å². The average Bonchev–Trinajstić information content (AvgIpc) is 2.72. The number of aliphatic hydroxyl groups is 1. The first-order valence-electron chi connectivity index (χ1n) is 6.46. The van der Waals surface area contributed by atoms with Gasteiger partial charge in [-0.1, -0.05) is 13.8 Å². The molecule has 3 N–H and O–H groups in total. The van der Waals surface area contributed by atoms with Crippen LogP contribution in [0.15, 0.2) is 24.5 Å². The molecule has 1 atom stereocenters. The van der Waals surface area contributed by atoms with Crippen molar-refractivity contribution in [2.75, 3.05) is 6.54 Å². The van der Waals surface area contributed by atoms with E-state index < -0.39 is 0 Å². The Balaban J connectivity index is 1.87. The van der Waals surface area contributed by atoms with Crippen molar-refractivity contribution in [3.8, 4) is 0 Å². The second-order valence-corrected chi connectivity index (χ2v) is 5.13. The molecular formula is C14H21N3O. The maximum atomic E-state index is 9.78. The van der Waals surface area contributed by atoms with Gasteiger partial charge in [0, 0.05) is 30.9 Å². The number of hydrogen-bond donors (Lipinski definition) is 3. The quantitative estimate of drug-likeness (QED) is 0.732. The fourth-order valence-electron chi connectivity index (χ4n) is 2.16.